The Balaban J connectivity index is 0.991. The SMILES string of the molecule is CNC(=O)c1cccc(NC(=O)c2nn3c4ccc(c(F)c24)-c2ccc(-n4cnn(C)c4=O)cc2-c2c(ccc(OCC4CCN(c5ccc(C6CCC(O)NC6=O)cc5F)CC4)c2C)C3(C)C)c1. The number of fused-ring (bicyclic) bond motifs is 1. The number of hydrogen-bond donors (Lipinski definition) is 4. The monoisotopic (exact) mass is 935 g/mol. The first-order valence-electron chi connectivity index (χ1n) is 23.0. The van der Waals surface area contributed by atoms with Crippen molar-refractivity contribution in [2.45, 2.75) is 64.1 Å². The van der Waals surface area contributed by atoms with Crippen LogP contribution >= 0.6 is 0 Å². The Hall–Kier alpha value is -7.66. The Kier molecular flexibility index (Phi) is 11.4. The number of carbonyl (C=O) groups excluding carboxylic acids is 3. The van der Waals surface area contributed by atoms with Gasteiger partial charge in [0.1, 0.15) is 29.9 Å². The van der Waals surface area contributed by atoms with Crippen LogP contribution in [0.25, 0.3) is 38.8 Å². The normalized spacial score (nSPS) is 17.6. The molecule has 4 bridgehead atoms. The van der Waals surface area contributed by atoms with Crippen LogP contribution in [-0.4, -0.2) is 79.9 Å². The molecule has 0 saturated carbocycles. The van der Waals surface area contributed by atoms with Crippen molar-refractivity contribution in [3.63, 3.8) is 0 Å². The minimum atomic E-state index is -1.02. The maximum absolute atomic E-state index is 17.6. The molecule has 69 heavy (non-hydrogen) atoms. The molecule has 2 fully saturated rings. The molecule has 4 aliphatic heterocycles. The minimum absolute atomic E-state index is 0.0278. The van der Waals surface area contributed by atoms with Gasteiger partial charge in [0, 0.05) is 44.0 Å². The molecule has 0 spiro atoms. The van der Waals surface area contributed by atoms with E-state index in [1.54, 1.807) is 66.3 Å². The van der Waals surface area contributed by atoms with E-state index >= 15 is 8.78 Å². The van der Waals surface area contributed by atoms with Crippen LogP contribution in [0.1, 0.15) is 83.0 Å². The average molecular weight is 936 g/mol. The van der Waals surface area contributed by atoms with Gasteiger partial charge in [-0.05, 0) is 146 Å². The summed E-state index contributed by atoms with van der Waals surface area (Å²) >= 11 is 0. The Bertz CT molecular complexity index is 3290. The van der Waals surface area contributed by atoms with Crippen molar-refractivity contribution in [1.82, 2.24) is 34.8 Å². The number of aryl methyl sites for hydroxylation is 1. The predicted octanol–water partition coefficient (Wildman–Crippen LogP) is 7.16. The number of amides is 3. The highest BCUT2D eigenvalue weighted by Gasteiger charge is 2.37. The number of nitrogens with one attached hydrogen (secondary N) is 3. The summed E-state index contributed by atoms with van der Waals surface area (Å²) in [5.74, 6) is -2.08. The number of anilines is 2. The molecule has 17 heteroatoms. The summed E-state index contributed by atoms with van der Waals surface area (Å²) in [6, 6.07) is 24.1. The number of benzene rings is 5. The first-order valence-corrected chi connectivity index (χ1v) is 23.0. The van der Waals surface area contributed by atoms with Gasteiger partial charge in [-0.3, -0.25) is 19.1 Å². The number of aliphatic hydroxyl groups excluding tert-OH is 1. The van der Waals surface area contributed by atoms with Crippen LogP contribution in [0.15, 0.2) is 96.1 Å². The summed E-state index contributed by atoms with van der Waals surface area (Å²) in [4.78, 5) is 54.5. The largest absolute Gasteiger partial charge is 0.493 e. The van der Waals surface area contributed by atoms with E-state index in [0.717, 1.165) is 29.5 Å². The van der Waals surface area contributed by atoms with Crippen LogP contribution in [0.3, 0.4) is 0 Å². The number of hydrogen-bond acceptors (Lipinski definition) is 9. The van der Waals surface area contributed by atoms with Crippen molar-refractivity contribution < 1.29 is 33.0 Å². The van der Waals surface area contributed by atoms with Crippen molar-refractivity contribution in [2.24, 2.45) is 13.0 Å². The highest BCUT2D eigenvalue weighted by Crippen LogP contribution is 2.48. The molecule has 2 aromatic heterocycles. The standard InChI is InChI=1S/C52H51F2N9O6/c1-28-42(69-26-29-19-21-61(22-20-29)40-15-9-30(24-39(40)53)34-13-18-43(64)58-49(34)66)17-14-38-44(28)37-25-33(62-27-56-60(5)51(62)68)10-11-35(37)36-12-16-41-45(46(36)54)47(59-63(41)52(38,2)3)50(67)57-32-8-6-7-31(23-32)48(65)55-4/h6-12,14-17,23-25,27,29,34,43,64H,13,18-22,26H2,1-5H3,(H,55,65)(H,57,67)(H,58,66). The molecule has 2 unspecified atom stereocenters. The van der Waals surface area contributed by atoms with E-state index in [1.807, 2.05) is 43.9 Å². The Morgan fingerprint density at radius 3 is 2.42 bits per heavy atom. The third-order valence-electron chi connectivity index (χ3n) is 14.0. The topological polar surface area (TPSA) is 178 Å². The third kappa shape index (κ3) is 7.89. The fourth-order valence-corrected chi connectivity index (χ4v) is 10.2. The van der Waals surface area contributed by atoms with Crippen LogP contribution in [0.4, 0.5) is 20.2 Å². The van der Waals surface area contributed by atoms with Crippen molar-refractivity contribution in [3.8, 4) is 33.7 Å². The van der Waals surface area contributed by atoms with E-state index in [2.05, 4.69) is 21.0 Å². The van der Waals surface area contributed by atoms with Gasteiger partial charge in [-0.2, -0.15) is 10.2 Å². The first-order chi connectivity index (χ1) is 33.1. The van der Waals surface area contributed by atoms with Gasteiger partial charge in [0.05, 0.1) is 40.3 Å². The number of ether oxygens (including phenoxy) is 1. The molecule has 354 valence electrons. The van der Waals surface area contributed by atoms with E-state index in [0.29, 0.717) is 83.1 Å². The van der Waals surface area contributed by atoms with Crippen LogP contribution in [0.5, 0.6) is 5.75 Å². The van der Waals surface area contributed by atoms with Gasteiger partial charge < -0.3 is 30.7 Å². The Labute approximate surface area is 395 Å². The number of carbonyl (C=O) groups is 3. The molecule has 2 saturated heterocycles. The van der Waals surface area contributed by atoms with Crippen LogP contribution in [0, 0.1) is 24.5 Å². The highest BCUT2D eigenvalue weighted by molar-refractivity contribution is 6.13. The average Bonchev–Trinajstić information content (AvgIpc) is 3.91. The number of halogens is 2. The minimum Gasteiger partial charge on any atom is -0.493 e. The molecule has 6 heterocycles. The molecule has 0 aliphatic carbocycles. The first kappa shape index (κ1) is 45.1. The van der Waals surface area contributed by atoms with E-state index in [9.17, 15) is 24.3 Å². The van der Waals surface area contributed by atoms with Crippen molar-refractivity contribution in [1.29, 1.82) is 0 Å². The summed E-state index contributed by atoms with van der Waals surface area (Å²) in [5.41, 5.74) is 4.78. The molecule has 3 amide bonds. The highest BCUT2D eigenvalue weighted by atomic mass is 19.1. The molecule has 7 aromatic rings. The predicted molar refractivity (Wildman–Crippen MR) is 257 cm³/mol. The van der Waals surface area contributed by atoms with Gasteiger partial charge in [-0.15, -0.1) is 0 Å². The zero-order chi connectivity index (χ0) is 48.5. The third-order valence-corrected chi connectivity index (χ3v) is 14.0. The van der Waals surface area contributed by atoms with Gasteiger partial charge in [0.15, 0.2) is 5.69 Å². The van der Waals surface area contributed by atoms with Gasteiger partial charge in [0.2, 0.25) is 5.91 Å². The van der Waals surface area contributed by atoms with E-state index in [4.69, 9.17) is 9.84 Å². The smallest absolute Gasteiger partial charge is 0.350 e. The van der Waals surface area contributed by atoms with Crippen LogP contribution in [-0.2, 0) is 17.4 Å². The molecule has 0 radical (unpaired) electrons. The van der Waals surface area contributed by atoms with Gasteiger partial charge in [0.25, 0.3) is 11.8 Å². The Morgan fingerprint density at radius 2 is 1.70 bits per heavy atom. The second-order valence-corrected chi connectivity index (χ2v) is 18.6. The summed E-state index contributed by atoms with van der Waals surface area (Å²) in [5, 5.41) is 26.8. The van der Waals surface area contributed by atoms with Crippen molar-refractivity contribution in [2.75, 3.05) is 37.0 Å². The Morgan fingerprint density at radius 1 is 0.913 bits per heavy atom. The number of piperidine rings is 2. The molecule has 2 atom stereocenters. The number of aliphatic hydroxyl groups is 1. The summed E-state index contributed by atoms with van der Waals surface area (Å²) in [6.45, 7) is 7.46. The fraction of sp³-hybridized carbons (Fsp3) is 0.308. The quantitative estimate of drug-likeness (QED) is 0.117. The molecule has 5 aromatic carbocycles. The van der Waals surface area contributed by atoms with Gasteiger partial charge in [-0.1, -0.05) is 24.3 Å². The maximum atomic E-state index is 17.6. The van der Waals surface area contributed by atoms with Crippen LogP contribution in [0.2, 0.25) is 0 Å². The molecule has 4 N–H and O–H groups in total. The molecular weight excluding hydrogens is 885 g/mol. The molecule has 4 aliphatic rings. The lowest BCUT2D eigenvalue weighted by Gasteiger charge is -2.34. The molecular formula is C52H51F2N9O6. The lowest BCUT2D eigenvalue weighted by molar-refractivity contribution is -0.128. The van der Waals surface area contributed by atoms with E-state index < -0.39 is 29.4 Å². The van der Waals surface area contributed by atoms with Gasteiger partial charge in [-0.25, -0.2) is 22.8 Å². The number of aromatic nitrogens is 5. The second kappa shape index (κ2) is 17.5. The maximum Gasteiger partial charge on any atom is 0.350 e. The van der Waals surface area contributed by atoms with Gasteiger partial charge >= 0.3 is 5.69 Å². The summed E-state index contributed by atoms with van der Waals surface area (Å²) in [6.07, 6.45) is 2.90. The van der Waals surface area contributed by atoms with E-state index in [1.165, 1.54) is 34.8 Å². The van der Waals surface area contributed by atoms with Crippen molar-refractivity contribution in [3.05, 3.63) is 141 Å². The zero-order valence-electron chi connectivity index (χ0n) is 38.8. The lowest BCUT2D eigenvalue weighted by atomic mass is 9.80. The van der Waals surface area contributed by atoms with Crippen LogP contribution < -0.4 is 31.3 Å². The zero-order valence-corrected chi connectivity index (χ0v) is 38.8. The second-order valence-electron chi connectivity index (χ2n) is 18.6. The number of rotatable bonds is 9. The summed E-state index contributed by atoms with van der Waals surface area (Å²) < 4.78 is 44.2. The van der Waals surface area contributed by atoms with E-state index in [-0.39, 0.29) is 45.9 Å². The molecule has 15 nitrogen and oxygen atoms in total. The summed E-state index contributed by atoms with van der Waals surface area (Å²) in [7, 11) is 3.08. The fourth-order valence-electron chi connectivity index (χ4n) is 10.2. The lowest BCUT2D eigenvalue weighted by Crippen LogP contribution is -2.42. The van der Waals surface area contributed by atoms with Crippen molar-refractivity contribution >= 4 is 40.0 Å². The number of nitrogens with zero attached hydrogens (tertiary/aromatic N) is 6. The molecule has 11 rings (SSSR count).